The van der Waals surface area contributed by atoms with E-state index in [1.807, 2.05) is 24.3 Å². The summed E-state index contributed by atoms with van der Waals surface area (Å²) >= 11 is 5.95. The Hall–Kier alpha value is -2.20. The number of hydrogen-bond acceptors (Lipinski definition) is 4. The van der Waals surface area contributed by atoms with Crippen LogP contribution in [-0.2, 0) is 4.74 Å². The van der Waals surface area contributed by atoms with Crippen LogP contribution in [0, 0.1) is 0 Å². The molecule has 2 bridgehead atoms. The Kier molecular flexibility index (Phi) is 3.85. The first-order chi connectivity index (χ1) is 11.6. The minimum absolute atomic E-state index is 0.261. The molecule has 0 aliphatic carbocycles. The monoisotopic (exact) mass is 343 g/mol. The minimum Gasteiger partial charge on any atom is -0.457 e. The molecule has 2 aliphatic rings. The molecule has 1 aromatic carbocycles. The number of piperidine rings is 1. The van der Waals surface area contributed by atoms with Crippen molar-refractivity contribution >= 4 is 23.6 Å². The van der Waals surface area contributed by atoms with E-state index in [9.17, 15) is 4.79 Å². The van der Waals surface area contributed by atoms with Crippen molar-refractivity contribution in [2.75, 3.05) is 13.1 Å². The molecule has 2 fully saturated rings. The summed E-state index contributed by atoms with van der Waals surface area (Å²) in [5, 5.41) is 0.728. The molecule has 1 aromatic heterocycles. The number of carbonyl (C=O) groups excluding carboxylic acids is 1. The number of benzene rings is 1. The summed E-state index contributed by atoms with van der Waals surface area (Å²) < 4.78 is 11.0. The van der Waals surface area contributed by atoms with E-state index in [1.165, 1.54) is 12.0 Å². The quantitative estimate of drug-likeness (QED) is 0.776. The molecule has 4 rings (SSSR count). The van der Waals surface area contributed by atoms with Gasteiger partial charge in [0.25, 0.3) is 0 Å². The van der Waals surface area contributed by atoms with Crippen LogP contribution in [0.5, 0.6) is 0 Å². The predicted octanol–water partition coefficient (Wildman–Crippen LogP) is 4.37. The summed E-state index contributed by atoms with van der Waals surface area (Å²) in [5.74, 6) is -0.119. The van der Waals surface area contributed by atoms with E-state index < -0.39 is 5.60 Å². The van der Waals surface area contributed by atoms with Crippen LogP contribution in [0.1, 0.15) is 35.4 Å². The maximum atomic E-state index is 12.3. The molecule has 0 amide bonds. The van der Waals surface area contributed by atoms with Crippen LogP contribution >= 0.6 is 11.6 Å². The van der Waals surface area contributed by atoms with E-state index in [-0.39, 0.29) is 11.7 Å². The van der Waals surface area contributed by atoms with Gasteiger partial charge in [-0.1, -0.05) is 23.7 Å². The largest absolute Gasteiger partial charge is 0.457 e. The Balaban J connectivity index is 1.55. The van der Waals surface area contributed by atoms with Crippen molar-refractivity contribution in [3.8, 4) is 0 Å². The second-order valence-corrected chi connectivity index (χ2v) is 6.88. The molecule has 0 spiro atoms. The average Bonchev–Trinajstić information content (AvgIpc) is 3.17. The molecule has 24 heavy (non-hydrogen) atoms. The van der Waals surface area contributed by atoms with Gasteiger partial charge in [0.2, 0.25) is 5.76 Å². The molecule has 1 unspecified atom stereocenters. The van der Waals surface area contributed by atoms with E-state index in [0.717, 1.165) is 42.9 Å². The van der Waals surface area contributed by atoms with Crippen molar-refractivity contribution in [2.45, 2.75) is 24.9 Å². The Labute approximate surface area is 145 Å². The van der Waals surface area contributed by atoms with Gasteiger partial charge in [0.15, 0.2) is 0 Å². The average molecular weight is 344 g/mol. The first-order valence-corrected chi connectivity index (χ1v) is 8.49. The van der Waals surface area contributed by atoms with Crippen LogP contribution in [0.3, 0.4) is 0 Å². The molecule has 0 radical (unpaired) electrons. The Bertz CT molecular complexity index is 766. The van der Waals surface area contributed by atoms with Crippen molar-refractivity contribution in [3.05, 3.63) is 64.7 Å². The van der Waals surface area contributed by atoms with Gasteiger partial charge in [0.1, 0.15) is 5.60 Å². The number of rotatable bonds is 3. The zero-order valence-electron chi connectivity index (χ0n) is 13.2. The third-order valence-electron chi connectivity index (χ3n) is 4.68. The van der Waals surface area contributed by atoms with E-state index in [1.54, 1.807) is 12.1 Å². The first-order valence-electron chi connectivity index (χ1n) is 8.12. The predicted molar refractivity (Wildman–Crippen MR) is 91.7 cm³/mol. The van der Waals surface area contributed by atoms with Crippen LogP contribution in [0.15, 0.2) is 52.8 Å². The molecule has 2 saturated heterocycles. The lowest BCUT2D eigenvalue weighted by Gasteiger charge is -2.33. The maximum Gasteiger partial charge on any atom is 0.374 e. The summed E-state index contributed by atoms with van der Waals surface area (Å²) in [4.78, 5) is 14.6. The molecular formula is C19H18ClNO3. The van der Waals surface area contributed by atoms with Crippen LogP contribution in [0.4, 0.5) is 0 Å². The van der Waals surface area contributed by atoms with E-state index in [0.29, 0.717) is 0 Å². The Morgan fingerprint density at radius 2 is 2.12 bits per heavy atom. The summed E-state index contributed by atoms with van der Waals surface area (Å²) in [6, 6.07) is 11.1. The van der Waals surface area contributed by atoms with Gasteiger partial charge in [-0.05, 0) is 48.7 Å². The number of ether oxygens (including phenoxy) is 1. The number of esters is 1. The van der Waals surface area contributed by atoms with Crippen molar-refractivity contribution < 1.29 is 13.9 Å². The van der Waals surface area contributed by atoms with Gasteiger partial charge in [-0.25, -0.2) is 4.79 Å². The number of furan rings is 1. The minimum atomic E-state index is -0.444. The van der Waals surface area contributed by atoms with E-state index in [2.05, 4.69) is 11.0 Å². The second-order valence-electron chi connectivity index (χ2n) is 6.44. The van der Waals surface area contributed by atoms with Crippen LogP contribution in [0.2, 0.25) is 5.02 Å². The Morgan fingerprint density at radius 1 is 1.29 bits per heavy atom. The van der Waals surface area contributed by atoms with Crippen molar-refractivity contribution in [1.29, 1.82) is 0 Å². The highest BCUT2D eigenvalue weighted by Gasteiger charge is 2.46. The zero-order valence-corrected chi connectivity index (χ0v) is 14.0. The maximum absolute atomic E-state index is 12.3. The fraction of sp³-hybridized carbons (Fsp3) is 0.316. The molecule has 1 atom stereocenters. The molecule has 2 aromatic rings. The SMILES string of the molecule is O=C(OC12CCCN(C1)/C(=C/c1ccc(Cl)cc1)C2)c1ccco1. The van der Waals surface area contributed by atoms with Gasteiger partial charge in [-0.2, -0.15) is 0 Å². The standard InChI is InChI=1S/C19H18ClNO3/c20-15-6-4-14(5-7-15)11-16-12-19(8-2-9-21(16)13-19)24-18(22)17-3-1-10-23-17/h1,3-7,10-11H,2,8-9,12-13H2/b16-11+. The van der Waals surface area contributed by atoms with E-state index >= 15 is 0 Å². The number of fused-ring (bicyclic) bond motifs is 2. The molecule has 4 nitrogen and oxygen atoms in total. The molecule has 124 valence electrons. The van der Waals surface area contributed by atoms with Gasteiger partial charge in [0, 0.05) is 23.7 Å². The number of nitrogens with zero attached hydrogens (tertiary/aromatic N) is 1. The molecule has 3 heterocycles. The van der Waals surface area contributed by atoms with Gasteiger partial charge < -0.3 is 14.1 Å². The summed E-state index contributed by atoms with van der Waals surface area (Å²) in [7, 11) is 0. The molecular weight excluding hydrogens is 326 g/mol. The highest BCUT2D eigenvalue weighted by Crippen LogP contribution is 2.41. The highest BCUT2D eigenvalue weighted by molar-refractivity contribution is 6.30. The summed E-state index contributed by atoms with van der Waals surface area (Å²) in [6.07, 6.45) is 6.28. The summed E-state index contributed by atoms with van der Waals surface area (Å²) in [5.41, 5.74) is 1.87. The van der Waals surface area contributed by atoms with Gasteiger partial charge in [-0.15, -0.1) is 0 Å². The van der Waals surface area contributed by atoms with Gasteiger partial charge >= 0.3 is 5.97 Å². The smallest absolute Gasteiger partial charge is 0.374 e. The van der Waals surface area contributed by atoms with Crippen molar-refractivity contribution in [2.24, 2.45) is 0 Å². The van der Waals surface area contributed by atoms with Crippen molar-refractivity contribution in [3.63, 3.8) is 0 Å². The normalized spacial score (nSPS) is 24.4. The fourth-order valence-corrected chi connectivity index (χ4v) is 3.71. The Morgan fingerprint density at radius 3 is 2.88 bits per heavy atom. The lowest BCUT2D eigenvalue weighted by molar-refractivity contribution is -0.0296. The number of halogens is 1. The van der Waals surface area contributed by atoms with Crippen molar-refractivity contribution in [1.82, 2.24) is 4.90 Å². The van der Waals surface area contributed by atoms with Gasteiger partial charge in [-0.3, -0.25) is 0 Å². The fourth-order valence-electron chi connectivity index (χ4n) is 3.58. The third kappa shape index (κ3) is 2.94. The van der Waals surface area contributed by atoms with Crippen LogP contribution in [-0.4, -0.2) is 29.6 Å². The molecule has 0 N–H and O–H groups in total. The first kappa shape index (κ1) is 15.3. The zero-order chi connectivity index (χ0) is 16.6. The number of carbonyl (C=O) groups is 1. The highest BCUT2D eigenvalue weighted by atomic mass is 35.5. The molecule has 2 aliphatic heterocycles. The lowest BCUT2D eigenvalue weighted by Crippen LogP contribution is -2.42. The molecule has 5 heteroatoms. The van der Waals surface area contributed by atoms with Gasteiger partial charge in [0.05, 0.1) is 12.8 Å². The lowest BCUT2D eigenvalue weighted by atomic mass is 9.94. The third-order valence-corrected chi connectivity index (χ3v) is 4.94. The topological polar surface area (TPSA) is 42.7 Å². The number of hydrogen-bond donors (Lipinski definition) is 0. The molecule has 0 saturated carbocycles. The summed E-state index contributed by atoms with van der Waals surface area (Å²) in [6.45, 7) is 1.75. The van der Waals surface area contributed by atoms with E-state index in [4.69, 9.17) is 20.8 Å². The second kappa shape index (κ2) is 6.02. The van der Waals surface area contributed by atoms with Crippen LogP contribution < -0.4 is 0 Å². The van der Waals surface area contributed by atoms with Crippen LogP contribution in [0.25, 0.3) is 6.08 Å².